The molecule has 0 aliphatic carbocycles. The van der Waals surface area contributed by atoms with Gasteiger partial charge in [0.05, 0.1) is 11.3 Å². The monoisotopic (exact) mass is 239 g/mol. The summed E-state index contributed by atoms with van der Waals surface area (Å²) in [4.78, 5) is 9.56. The van der Waals surface area contributed by atoms with E-state index in [0.29, 0.717) is 0 Å². The Labute approximate surface area is 87.6 Å². The van der Waals surface area contributed by atoms with Crippen LogP contribution in [0.5, 0.6) is 0 Å². The Morgan fingerprint density at radius 2 is 2.00 bits per heavy atom. The molecular formula is C8H5ClF3NO2. The van der Waals surface area contributed by atoms with Crippen molar-refractivity contribution in [2.45, 2.75) is 12.6 Å². The predicted molar refractivity (Wildman–Crippen MR) is 47.9 cm³/mol. The van der Waals surface area contributed by atoms with Gasteiger partial charge in [0.15, 0.2) is 0 Å². The van der Waals surface area contributed by atoms with Crippen LogP contribution in [-0.4, -0.2) is 11.1 Å². The van der Waals surface area contributed by atoms with Gasteiger partial charge in [-0.3, -0.25) is 10.1 Å². The van der Waals surface area contributed by atoms with E-state index in [1.54, 1.807) is 0 Å². The number of nitro groups is 1. The van der Waals surface area contributed by atoms with Crippen LogP contribution in [-0.2, 0) is 6.42 Å². The molecule has 0 saturated heterocycles. The molecule has 15 heavy (non-hydrogen) atoms. The summed E-state index contributed by atoms with van der Waals surface area (Å²) in [5, 5.41) is 10.2. The molecule has 1 aromatic rings. The quantitative estimate of drug-likeness (QED) is 0.587. The van der Waals surface area contributed by atoms with E-state index >= 15 is 0 Å². The van der Waals surface area contributed by atoms with Crippen molar-refractivity contribution in [3.63, 3.8) is 0 Å². The third-order valence-corrected chi connectivity index (χ3v) is 1.93. The summed E-state index contributed by atoms with van der Waals surface area (Å²) >= 11 is 5.44. The molecule has 1 aromatic carbocycles. The average Bonchev–Trinajstić information content (AvgIpc) is 2.05. The molecule has 82 valence electrons. The van der Waals surface area contributed by atoms with Crippen molar-refractivity contribution in [1.29, 1.82) is 0 Å². The van der Waals surface area contributed by atoms with E-state index in [-0.39, 0.29) is 10.6 Å². The van der Waals surface area contributed by atoms with Crippen molar-refractivity contribution in [2.75, 3.05) is 0 Å². The van der Waals surface area contributed by atoms with Crippen LogP contribution >= 0.6 is 11.6 Å². The van der Waals surface area contributed by atoms with Gasteiger partial charge in [0.1, 0.15) is 5.02 Å². The van der Waals surface area contributed by atoms with Gasteiger partial charge in [-0.1, -0.05) is 17.7 Å². The van der Waals surface area contributed by atoms with Crippen LogP contribution in [0, 0.1) is 10.1 Å². The lowest BCUT2D eigenvalue weighted by Crippen LogP contribution is -2.11. The molecule has 0 aliphatic heterocycles. The van der Waals surface area contributed by atoms with Crippen molar-refractivity contribution >= 4 is 17.3 Å². The number of nitrogens with zero attached hydrogens (tertiary/aromatic N) is 1. The molecular weight excluding hydrogens is 235 g/mol. The maximum atomic E-state index is 12.0. The fourth-order valence-electron chi connectivity index (χ4n) is 1.04. The zero-order chi connectivity index (χ0) is 11.6. The normalized spacial score (nSPS) is 11.5. The number of rotatable bonds is 2. The van der Waals surface area contributed by atoms with Crippen molar-refractivity contribution in [1.82, 2.24) is 0 Å². The third kappa shape index (κ3) is 3.39. The lowest BCUT2D eigenvalue weighted by molar-refractivity contribution is -0.384. The van der Waals surface area contributed by atoms with Gasteiger partial charge in [0.25, 0.3) is 5.69 Å². The van der Waals surface area contributed by atoms with E-state index in [1.165, 1.54) is 0 Å². The summed E-state index contributed by atoms with van der Waals surface area (Å²) in [7, 11) is 0. The molecule has 0 N–H and O–H groups in total. The average molecular weight is 240 g/mol. The molecule has 0 spiro atoms. The SMILES string of the molecule is O=[N+]([O-])c1cc(CC(F)(F)F)ccc1Cl. The van der Waals surface area contributed by atoms with Crippen molar-refractivity contribution in [2.24, 2.45) is 0 Å². The Hall–Kier alpha value is -1.30. The number of nitro benzene ring substituents is 1. The number of hydrogen-bond acceptors (Lipinski definition) is 2. The fourth-order valence-corrected chi connectivity index (χ4v) is 1.23. The van der Waals surface area contributed by atoms with E-state index in [9.17, 15) is 23.3 Å². The predicted octanol–water partition coefficient (Wildman–Crippen LogP) is 3.35. The minimum Gasteiger partial charge on any atom is -0.258 e. The summed E-state index contributed by atoms with van der Waals surface area (Å²) < 4.78 is 35.9. The van der Waals surface area contributed by atoms with Gasteiger partial charge in [-0.05, 0) is 11.6 Å². The molecule has 0 bridgehead atoms. The lowest BCUT2D eigenvalue weighted by Gasteiger charge is -2.06. The van der Waals surface area contributed by atoms with Gasteiger partial charge in [-0.2, -0.15) is 13.2 Å². The minimum atomic E-state index is -4.39. The van der Waals surface area contributed by atoms with E-state index in [0.717, 1.165) is 18.2 Å². The number of alkyl halides is 3. The van der Waals surface area contributed by atoms with Crippen LogP contribution in [0.15, 0.2) is 18.2 Å². The van der Waals surface area contributed by atoms with Gasteiger partial charge < -0.3 is 0 Å². The van der Waals surface area contributed by atoms with Crippen LogP contribution in [0.2, 0.25) is 5.02 Å². The molecule has 1 rings (SSSR count). The van der Waals surface area contributed by atoms with Gasteiger partial charge in [0.2, 0.25) is 0 Å². The van der Waals surface area contributed by atoms with Crippen molar-refractivity contribution < 1.29 is 18.1 Å². The highest BCUT2D eigenvalue weighted by Crippen LogP contribution is 2.28. The largest absolute Gasteiger partial charge is 0.393 e. The molecule has 0 atom stereocenters. The maximum Gasteiger partial charge on any atom is 0.393 e. The smallest absolute Gasteiger partial charge is 0.258 e. The lowest BCUT2D eigenvalue weighted by atomic mass is 10.1. The molecule has 0 unspecified atom stereocenters. The minimum absolute atomic E-state index is 0.175. The third-order valence-electron chi connectivity index (χ3n) is 1.61. The van der Waals surface area contributed by atoms with Crippen LogP contribution < -0.4 is 0 Å². The number of halogens is 4. The first-order valence-corrected chi connectivity index (χ1v) is 4.17. The van der Waals surface area contributed by atoms with Gasteiger partial charge in [-0.15, -0.1) is 0 Å². The Bertz CT molecular complexity index is 392. The highest BCUT2D eigenvalue weighted by molar-refractivity contribution is 6.32. The van der Waals surface area contributed by atoms with E-state index < -0.39 is 23.2 Å². The second-order valence-corrected chi connectivity index (χ2v) is 3.24. The van der Waals surface area contributed by atoms with Crippen LogP contribution in [0.25, 0.3) is 0 Å². The number of hydrogen-bond donors (Lipinski definition) is 0. The van der Waals surface area contributed by atoms with Gasteiger partial charge in [-0.25, -0.2) is 0 Å². The highest BCUT2D eigenvalue weighted by Gasteiger charge is 2.28. The highest BCUT2D eigenvalue weighted by atomic mass is 35.5. The number of benzene rings is 1. The summed E-state index contributed by atoms with van der Waals surface area (Å²) in [6.07, 6.45) is -5.59. The molecule has 0 radical (unpaired) electrons. The van der Waals surface area contributed by atoms with E-state index in [1.807, 2.05) is 0 Å². The van der Waals surface area contributed by atoms with Gasteiger partial charge >= 0.3 is 6.18 Å². The first-order valence-electron chi connectivity index (χ1n) is 3.79. The molecule has 0 fully saturated rings. The standard InChI is InChI=1S/C8H5ClF3NO2/c9-6-2-1-5(4-8(10,11)12)3-7(6)13(14)15/h1-3H,4H2. The molecule has 0 aliphatic rings. The zero-order valence-corrected chi connectivity index (χ0v) is 7.97. The summed E-state index contributed by atoms with van der Waals surface area (Å²) in [6.45, 7) is 0. The Morgan fingerprint density at radius 3 is 2.47 bits per heavy atom. The molecule has 0 heterocycles. The van der Waals surface area contributed by atoms with Gasteiger partial charge in [0, 0.05) is 6.07 Å². The van der Waals surface area contributed by atoms with Crippen molar-refractivity contribution in [3.8, 4) is 0 Å². The summed E-state index contributed by atoms with van der Waals surface area (Å²) in [5.74, 6) is 0. The summed E-state index contributed by atoms with van der Waals surface area (Å²) in [5.41, 5.74) is -0.697. The summed E-state index contributed by atoms with van der Waals surface area (Å²) in [6, 6.07) is 3.03. The first kappa shape index (κ1) is 11.8. The maximum absolute atomic E-state index is 12.0. The Morgan fingerprint density at radius 1 is 1.40 bits per heavy atom. The van der Waals surface area contributed by atoms with Crippen LogP contribution in [0.4, 0.5) is 18.9 Å². The molecule has 0 aromatic heterocycles. The van der Waals surface area contributed by atoms with E-state index in [4.69, 9.17) is 11.6 Å². The second kappa shape index (κ2) is 4.06. The van der Waals surface area contributed by atoms with Crippen LogP contribution in [0.3, 0.4) is 0 Å². The molecule has 0 saturated carbocycles. The fraction of sp³-hybridized carbons (Fsp3) is 0.250. The Balaban J connectivity index is 3.03. The Kier molecular flexibility index (Phi) is 3.18. The first-order chi connectivity index (χ1) is 6.79. The molecule has 0 amide bonds. The van der Waals surface area contributed by atoms with Crippen molar-refractivity contribution in [3.05, 3.63) is 38.9 Å². The van der Waals surface area contributed by atoms with Crippen LogP contribution in [0.1, 0.15) is 5.56 Å². The molecule has 3 nitrogen and oxygen atoms in total. The topological polar surface area (TPSA) is 43.1 Å². The van der Waals surface area contributed by atoms with E-state index in [2.05, 4.69) is 0 Å². The molecule has 7 heteroatoms. The zero-order valence-electron chi connectivity index (χ0n) is 7.21. The second-order valence-electron chi connectivity index (χ2n) is 2.83.